The minimum absolute atomic E-state index is 0.0641. The molecule has 1 aromatic heterocycles. The molecule has 4 rings (SSSR count). The Morgan fingerprint density at radius 1 is 1.28 bits per heavy atom. The molecule has 2 aromatic rings. The number of carbonyl (C=O) groups is 1. The maximum Gasteiger partial charge on any atom is 0.317 e. The van der Waals surface area contributed by atoms with Gasteiger partial charge >= 0.3 is 6.03 Å². The highest BCUT2D eigenvalue weighted by molar-refractivity contribution is 5.74. The van der Waals surface area contributed by atoms with Gasteiger partial charge in [-0.05, 0) is 60.3 Å². The van der Waals surface area contributed by atoms with Gasteiger partial charge in [0.25, 0.3) is 0 Å². The number of nitrogens with one attached hydrogen (secondary N) is 1. The molecule has 1 N–H and O–H groups in total. The summed E-state index contributed by atoms with van der Waals surface area (Å²) in [5.74, 6) is 0.537. The number of nitrogens with zero attached hydrogens (tertiary/aromatic N) is 3. The van der Waals surface area contributed by atoms with Crippen LogP contribution in [0.3, 0.4) is 0 Å². The average Bonchev–Trinajstić information content (AvgIpc) is 3.33. The third-order valence-electron chi connectivity index (χ3n) is 5.46. The van der Waals surface area contributed by atoms with E-state index < -0.39 is 0 Å². The van der Waals surface area contributed by atoms with Gasteiger partial charge in [-0.25, -0.2) is 4.79 Å². The maximum atomic E-state index is 12.5. The van der Waals surface area contributed by atoms with E-state index in [9.17, 15) is 4.79 Å². The van der Waals surface area contributed by atoms with Crippen molar-refractivity contribution in [1.29, 1.82) is 0 Å². The number of aromatic nitrogens is 2. The van der Waals surface area contributed by atoms with Crippen LogP contribution in [0.1, 0.15) is 35.1 Å². The third-order valence-corrected chi connectivity index (χ3v) is 5.46. The van der Waals surface area contributed by atoms with Crippen LogP contribution in [0, 0.1) is 5.92 Å². The summed E-state index contributed by atoms with van der Waals surface area (Å²) in [5.41, 5.74) is 5.41. The van der Waals surface area contributed by atoms with Crippen molar-refractivity contribution >= 4 is 6.03 Å². The van der Waals surface area contributed by atoms with Crippen molar-refractivity contribution < 1.29 is 4.79 Å². The topological polar surface area (TPSA) is 50.2 Å². The van der Waals surface area contributed by atoms with Gasteiger partial charge in [-0.3, -0.25) is 4.68 Å². The molecule has 0 bridgehead atoms. The number of hydrogen-bond donors (Lipinski definition) is 1. The van der Waals surface area contributed by atoms with Crippen LogP contribution in [-0.2, 0) is 32.9 Å². The number of amides is 2. The summed E-state index contributed by atoms with van der Waals surface area (Å²) in [6.07, 6.45) is 9.71. The van der Waals surface area contributed by atoms with Crippen LogP contribution in [0.25, 0.3) is 0 Å². The molecule has 1 fully saturated rings. The first kappa shape index (κ1) is 16.2. The largest absolute Gasteiger partial charge is 0.334 e. The second-order valence-electron chi connectivity index (χ2n) is 7.44. The SMILES string of the molecule is Cn1cc(C[C@@H]2CCN(C(=O)NCc3ccc4c(c3)CCC4)C2)cn1. The molecule has 132 valence electrons. The first-order valence-corrected chi connectivity index (χ1v) is 9.28. The van der Waals surface area contributed by atoms with Gasteiger partial charge < -0.3 is 10.2 Å². The lowest BCUT2D eigenvalue weighted by Gasteiger charge is -2.17. The van der Waals surface area contributed by atoms with Crippen molar-refractivity contribution in [2.24, 2.45) is 13.0 Å². The minimum atomic E-state index is 0.0641. The lowest BCUT2D eigenvalue weighted by Crippen LogP contribution is -2.38. The van der Waals surface area contributed by atoms with Gasteiger partial charge in [-0.15, -0.1) is 0 Å². The second kappa shape index (κ2) is 6.90. The maximum absolute atomic E-state index is 12.5. The monoisotopic (exact) mass is 338 g/mol. The molecule has 1 saturated heterocycles. The zero-order chi connectivity index (χ0) is 17.2. The standard InChI is InChI=1S/C20H26N4O/c1-23-13-17(12-22-23)9-16-7-8-24(14-16)20(25)21-11-15-5-6-18-3-2-4-19(18)10-15/h5-6,10,12-13,16H,2-4,7-9,11,14H2,1H3,(H,21,25)/t16-/m0/s1. The Morgan fingerprint density at radius 3 is 3.00 bits per heavy atom. The van der Waals surface area contributed by atoms with Crippen molar-refractivity contribution in [2.45, 2.75) is 38.6 Å². The van der Waals surface area contributed by atoms with Crippen LogP contribution in [0.4, 0.5) is 4.79 Å². The predicted molar refractivity (Wildman–Crippen MR) is 97.3 cm³/mol. The molecule has 1 aliphatic carbocycles. The molecule has 5 heteroatoms. The Labute approximate surface area is 149 Å². The summed E-state index contributed by atoms with van der Waals surface area (Å²) >= 11 is 0. The molecule has 1 atom stereocenters. The molecule has 1 aliphatic heterocycles. The number of hydrogen-bond acceptors (Lipinski definition) is 2. The highest BCUT2D eigenvalue weighted by Crippen LogP contribution is 2.23. The molecule has 2 aliphatic rings. The van der Waals surface area contributed by atoms with E-state index in [2.05, 4.69) is 34.8 Å². The molecule has 0 unspecified atom stereocenters. The number of benzene rings is 1. The summed E-state index contributed by atoms with van der Waals surface area (Å²) in [6.45, 7) is 2.31. The van der Waals surface area contributed by atoms with Crippen LogP contribution in [0.5, 0.6) is 0 Å². The van der Waals surface area contributed by atoms with Gasteiger partial charge in [0.05, 0.1) is 6.20 Å². The second-order valence-corrected chi connectivity index (χ2v) is 7.44. The summed E-state index contributed by atoms with van der Waals surface area (Å²) in [7, 11) is 1.94. The number of aryl methyl sites for hydroxylation is 3. The highest BCUT2D eigenvalue weighted by Gasteiger charge is 2.26. The zero-order valence-corrected chi connectivity index (χ0v) is 14.9. The number of likely N-dealkylation sites (tertiary alicyclic amines) is 1. The first-order valence-electron chi connectivity index (χ1n) is 9.28. The van der Waals surface area contributed by atoms with Gasteiger partial charge in [0.2, 0.25) is 0 Å². The molecule has 5 nitrogen and oxygen atoms in total. The van der Waals surface area contributed by atoms with E-state index in [0.29, 0.717) is 12.5 Å². The highest BCUT2D eigenvalue weighted by atomic mass is 16.2. The van der Waals surface area contributed by atoms with Crippen molar-refractivity contribution in [1.82, 2.24) is 20.0 Å². The number of carbonyl (C=O) groups excluding carboxylic acids is 1. The number of rotatable bonds is 4. The molecule has 1 aromatic carbocycles. The lowest BCUT2D eigenvalue weighted by atomic mass is 10.0. The molecule has 25 heavy (non-hydrogen) atoms. The van der Waals surface area contributed by atoms with Crippen LogP contribution in [0.15, 0.2) is 30.6 Å². The molecule has 0 saturated carbocycles. The molecular weight excluding hydrogens is 312 g/mol. The van der Waals surface area contributed by atoms with E-state index in [1.807, 2.05) is 22.8 Å². The van der Waals surface area contributed by atoms with Gasteiger partial charge in [0.15, 0.2) is 0 Å². The van der Waals surface area contributed by atoms with Crippen molar-refractivity contribution in [3.8, 4) is 0 Å². The quantitative estimate of drug-likeness (QED) is 0.932. The molecule has 2 amide bonds. The summed E-state index contributed by atoms with van der Waals surface area (Å²) in [5, 5.41) is 7.32. The van der Waals surface area contributed by atoms with Gasteiger partial charge in [0.1, 0.15) is 0 Å². The number of urea groups is 1. The molecule has 0 radical (unpaired) electrons. The Bertz CT molecular complexity index is 767. The van der Waals surface area contributed by atoms with E-state index in [0.717, 1.165) is 25.9 Å². The van der Waals surface area contributed by atoms with Crippen molar-refractivity contribution in [3.63, 3.8) is 0 Å². The minimum Gasteiger partial charge on any atom is -0.334 e. The van der Waals surface area contributed by atoms with Crippen LogP contribution in [-0.4, -0.2) is 33.8 Å². The molecular formula is C20H26N4O. The van der Waals surface area contributed by atoms with E-state index >= 15 is 0 Å². The fraction of sp³-hybridized carbons (Fsp3) is 0.500. The Hall–Kier alpha value is -2.30. The van der Waals surface area contributed by atoms with Gasteiger partial charge in [0, 0.05) is 32.9 Å². The Morgan fingerprint density at radius 2 is 2.16 bits per heavy atom. The van der Waals surface area contributed by atoms with E-state index in [4.69, 9.17) is 0 Å². The average molecular weight is 338 g/mol. The van der Waals surface area contributed by atoms with Gasteiger partial charge in [-0.1, -0.05) is 18.2 Å². The number of fused-ring (bicyclic) bond motifs is 1. The molecule has 0 spiro atoms. The van der Waals surface area contributed by atoms with Crippen molar-refractivity contribution in [2.75, 3.05) is 13.1 Å². The third kappa shape index (κ3) is 3.70. The van der Waals surface area contributed by atoms with Crippen LogP contribution >= 0.6 is 0 Å². The molecule has 2 heterocycles. The lowest BCUT2D eigenvalue weighted by molar-refractivity contribution is 0.206. The smallest absolute Gasteiger partial charge is 0.317 e. The van der Waals surface area contributed by atoms with Crippen LogP contribution in [0.2, 0.25) is 0 Å². The van der Waals surface area contributed by atoms with E-state index in [1.54, 1.807) is 0 Å². The fourth-order valence-corrected chi connectivity index (χ4v) is 4.12. The van der Waals surface area contributed by atoms with Crippen LogP contribution < -0.4 is 5.32 Å². The Balaban J connectivity index is 1.27. The van der Waals surface area contributed by atoms with E-state index in [-0.39, 0.29) is 6.03 Å². The zero-order valence-electron chi connectivity index (χ0n) is 14.9. The first-order chi connectivity index (χ1) is 12.2. The Kier molecular flexibility index (Phi) is 4.47. The van der Waals surface area contributed by atoms with E-state index in [1.165, 1.54) is 41.5 Å². The predicted octanol–water partition coefficient (Wildman–Crippen LogP) is 2.68. The summed E-state index contributed by atoms with van der Waals surface area (Å²) in [6, 6.07) is 6.70. The summed E-state index contributed by atoms with van der Waals surface area (Å²) in [4.78, 5) is 14.4. The summed E-state index contributed by atoms with van der Waals surface area (Å²) < 4.78 is 1.84. The van der Waals surface area contributed by atoms with Gasteiger partial charge in [-0.2, -0.15) is 5.10 Å². The normalized spacial score (nSPS) is 19.2. The van der Waals surface area contributed by atoms with Crippen molar-refractivity contribution in [3.05, 3.63) is 52.8 Å². The fourth-order valence-electron chi connectivity index (χ4n) is 4.12.